The molecule has 0 bridgehead atoms. The van der Waals surface area contributed by atoms with Crippen LogP contribution in [0.1, 0.15) is 28.3 Å². The fourth-order valence-corrected chi connectivity index (χ4v) is 3.35. The molecule has 2 N–H and O–H groups in total. The van der Waals surface area contributed by atoms with Crippen LogP contribution < -0.4 is 15.4 Å². The minimum Gasteiger partial charge on any atom is -0.457 e. The Bertz CT molecular complexity index is 1050. The molecule has 1 unspecified atom stereocenters. The molecule has 1 aliphatic rings. The van der Waals surface area contributed by atoms with Crippen molar-refractivity contribution in [2.75, 3.05) is 0 Å². The van der Waals surface area contributed by atoms with Gasteiger partial charge in [-0.3, -0.25) is 15.1 Å². The van der Waals surface area contributed by atoms with Gasteiger partial charge in [0.15, 0.2) is 0 Å². The second-order valence-corrected chi connectivity index (χ2v) is 7.04. The Kier molecular flexibility index (Phi) is 5.24. The third-order valence-corrected chi connectivity index (χ3v) is 4.83. The topological polar surface area (TPSA) is 80.3 Å². The average Bonchev–Trinajstić information content (AvgIpc) is 3.06. The van der Waals surface area contributed by atoms with Gasteiger partial charge in [-0.05, 0) is 49.1 Å². The Hall–Kier alpha value is -3.67. The van der Waals surface area contributed by atoms with Crippen LogP contribution in [0.3, 0.4) is 0 Å². The maximum atomic E-state index is 12.0. The number of pyridine rings is 1. The van der Waals surface area contributed by atoms with Crippen LogP contribution in [-0.4, -0.2) is 16.9 Å². The largest absolute Gasteiger partial charge is 0.457 e. The first-order valence-corrected chi connectivity index (χ1v) is 9.46. The highest BCUT2D eigenvalue weighted by Crippen LogP contribution is 2.30. The number of aromatic nitrogens is 1. The standard InChI is InChI=1S/C23H21N3O3/c1-15-3-2-4-17(13-15)6-5-16-7-9-18(10-8-16)29-20-11-12-24-14-19(20)21-22(27)26-23(28)25-21/h2-4,7-14,21H,5-6H2,1H3,(H2,25,26,27,28). The van der Waals surface area contributed by atoms with Gasteiger partial charge in [-0.2, -0.15) is 0 Å². The molecule has 0 saturated carbocycles. The molecule has 146 valence electrons. The normalized spacial score (nSPS) is 15.7. The second-order valence-electron chi connectivity index (χ2n) is 7.04. The van der Waals surface area contributed by atoms with Gasteiger partial charge in [-0.1, -0.05) is 42.0 Å². The zero-order chi connectivity index (χ0) is 20.2. The number of rotatable bonds is 6. The Labute approximate surface area is 168 Å². The van der Waals surface area contributed by atoms with E-state index in [1.54, 1.807) is 12.3 Å². The molecule has 6 nitrogen and oxygen atoms in total. The van der Waals surface area contributed by atoms with Crippen LogP contribution in [0.2, 0.25) is 0 Å². The van der Waals surface area contributed by atoms with E-state index in [-0.39, 0.29) is 0 Å². The summed E-state index contributed by atoms with van der Waals surface area (Å²) in [7, 11) is 0. The summed E-state index contributed by atoms with van der Waals surface area (Å²) in [5.41, 5.74) is 4.32. The molecule has 6 heteroatoms. The van der Waals surface area contributed by atoms with E-state index in [0.717, 1.165) is 12.8 Å². The van der Waals surface area contributed by atoms with E-state index in [1.165, 1.54) is 22.9 Å². The lowest BCUT2D eigenvalue weighted by Gasteiger charge is -2.14. The molecule has 3 amide bonds. The number of hydrogen-bond donors (Lipinski definition) is 2. The van der Waals surface area contributed by atoms with Crippen LogP contribution in [0.25, 0.3) is 0 Å². The van der Waals surface area contributed by atoms with Gasteiger partial charge < -0.3 is 10.1 Å². The minimum absolute atomic E-state index is 0.417. The van der Waals surface area contributed by atoms with E-state index in [9.17, 15) is 9.59 Å². The van der Waals surface area contributed by atoms with Crippen molar-refractivity contribution in [2.24, 2.45) is 0 Å². The number of urea groups is 1. The summed E-state index contributed by atoms with van der Waals surface area (Å²) in [6, 6.07) is 16.8. The quantitative estimate of drug-likeness (QED) is 0.630. The first-order chi connectivity index (χ1) is 14.1. The lowest BCUT2D eigenvalue weighted by atomic mass is 10.0. The number of carbonyl (C=O) groups is 2. The Balaban J connectivity index is 1.44. The molecule has 0 spiro atoms. The van der Waals surface area contributed by atoms with Crippen LogP contribution in [-0.2, 0) is 17.6 Å². The van der Waals surface area contributed by atoms with E-state index >= 15 is 0 Å². The van der Waals surface area contributed by atoms with Crippen molar-refractivity contribution < 1.29 is 14.3 Å². The smallest absolute Gasteiger partial charge is 0.322 e. The number of nitrogens with zero attached hydrogens (tertiary/aromatic N) is 1. The minimum atomic E-state index is -0.806. The summed E-state index contributed by atoms with van der Waals surface area (Å²) < 4.78 is 5.97. The van der Waals surface area contributed by atoms with Gasteiger partial charge in [0.1, 0.15) is 17.5 Å². The molecule has 1 saturated heterocycles. The van der Waals surface area contributed by atoms with Gasteiger partial charge in [0.25, 0.3) is 5.91 Å². The van der Waals surface area contributed by atoms with Gasteiger partial charge in [-0.25, -0.2) is 4.79 Å². The lowest BCUT2D eigenvalue weighted by Crippen LogP contribution is -2.22. The molecule has 4 rings (SSSR count). The summed E-state index contributed by atoms with van der Waals surface area (Å²) in [6.45, 7) is 2.10. The predicted octanol–water partition coefficient (Wildman–Crippen LogP) is 3.85. The van der Waals surface area contributed by atoms with Gasteiger partial charge in [0.05, 0.1) is 0 Å². The molecule has 0 radical (unpaired) electrons. The number of imide groups is 1. The van der Waals surface area contributed by atoms with Crippen molar-refractivity contribution in [1.29, 1.82) is 0 Å². The van der Waals surface area contributed by atoms with E-state index in [1.807, 2.05) is 24.3 Å². The Morgan fingerprint density at radius 1 is 1.00 bits per heavy atom. The van der Waals surface area contributed by atoms with Crippen LogP contribution in [0.15, 0.2) is 67.0 Å². The van der Waals surface area contributed by atoms with E-state index in [0.29, 0.717) is 17.1 Å². The molecule has 29 heavy (non-hydrogen) atoms. The molecule has 1 aromatic heterocycles. The summed E-state index contributed by atoms with van der Waals surface area (Å²) >= 11 is 0. The molecular weight excluding hydrogens is 366 g/mol. The maximum Gasteiger partial charge on any atom is 0.322 e. The zero-order valence-corrected chi connectivity index (χ0v) is 16.0. The summed E-state index contributed by atoms with van der Waals surface area (Å²) in [4.78, 5) is 27.4. The average molecular weight is 387 g/mol. The summed E-state index contributed by atoms with van der Waals surface area (Å²) in [5, 5.41) is 4.79. The highest BCUT2D eigenvalue weighted by Gasteiger charge is 2.33. The number of amides is 3. The van der Waals surface area contributed by atoms with Crippen LogP contribution in [0.4, 0.5) is 4.79 Å². The number of ether oxygens (including phenoxy) is 1. The van der Waals surface area contributed by atoms with Crippen molar-refractivity contribution in [3.8, 4) is 11.5 Å². The van der Waals surface area contributed by atoms with Crippen molar-refractivity contribution >= 4 is 11.9 Å². The third-order valence-electron chi connectivity index (χ3n) is 4.83. The predicted molar refractivity (Wildman–Crippen MR) is 109 cm³/mol. The molecule has 3 aromatic rings. The van der Waals surface area contributed by atoms with Gasteiger partial charge in [0, 0.05) is 18.0 Å². The highest BCUT2D eigenvalue weighted by atomic mass is 16.5. The van der Waals surface area contributed by atoms with Crippen molar-refractivity contribution in [1.82, 2.24) is 15.6 Å². The van der Waals surface area contributed by atoms with Gasteiger partial charge in [0.2, 0.25) is 0 Å². The first kappa shape index (κ1) is 18.7. The third kappa shape index (κ3) is 4.43. The molecular formula is C23H21N3O3. The van der Waals surface area contributed by atoms with Crippen molar-refractivity contribution in [3.63, 3.8) is 0 Å². The fraction of sp³-hybridized carbons (Fsp3) is 0.174. The van der Waals surface area contributed by atoms with Crippen molar-refractivity contribution in [2.45, 2.75) is 25.8 Å². The van der Waals surface area contributed by atoms with Crippen LogP contribution in [0.5, 0.6) is 11.5 Å². The van der Waals surface area contributed by atoms with Crippen molar-refractivity contribution in [3.05, 3.63) is 89.2 Å². The first-order valence-electron chi connectivity index (χ1n) is 9.46. The zero-order valence-electron chi connectivity index (χ0n) is 16.0. The number of nitrogens with one attached hydrogen (secondary N) is 2. The highest BCUT2D eigenvalue weighted by molar-refractivity contribution is 6.04. The molecule has 2 heterocycles. The molecule has 2 aromatic carbocycles. The summed E-state index contributed by atoms with van der Waals surface area (Å²) in [6.07, 6.45) is 5.04. The molecule has 1 aliphatic heterocycles. The number of aryl methyl sites for hydroxylation is 3. The maximum absolute atomic E-state index is 12.0. The monoisotopic (exact) mass is 387 g/mol. The Morgan fingerprint density at radius 3 is 2.52 bits per heavy atom. The molecule has 0 aliphatic carbocycles. The second kappa shape index (κ2) is 8.14. The fourth-order valence-electron chi connectivity index (χ4n) is 3.35. The van der Waals surface area contributed by atoms with Crippen LogP contribution >= 0.6 is 0 Å². The Morgan fingerprint density at radius 2 is 1.79 bits per heavy atom. The molecule has 1 fully saturated rings. The van der Waals surface area contributed by atoms with Crippen LogP contribution in [0, 0.1) is 6.92 Å². The number of hydrogen-bond acceptors (Lipinski definition) is 4. The van der Waals surface area contributed by atoms with E-state index in [2.05, 4.69) is 46.8 Å². The van der Waals surface area contributed by atoms with E-state index < -0.39 is 18.0 Å². The number of carbonyl (C=O) groups excluding carboxylic acids is 2. The molecule has 1 atom stereocenters. The lowest BCUT2D eigenvalue weighted by molar-refractivity contribution is -0.120. The van der Waals surface area contributed by atoms with E-state index in [4.69, 9.17) is 4.74 Å². The summed E-state index contributed by atoms with van der Waals surface area (Å²) in [5.74, 6) is 0.718. The number of benzene rings is 2. The SMILES string of the molecule is Cc1cccc(CCc2ccc(Oc3ccncc3C3NC(=O)NC3=O)cc2)c1. The van der Waals surface area contributed by atoms with Gasteiger partial charge in [-0.15, -0.1) is 0 Å². The van der Waals surface area contributed by atoms with Gasteiger partial charge >= 0.3 is 6.03 Å².